The maximum Gasteiger partial charge on any atom is 0.270 e. The quantitative estimate of drug-likeness (QED) is 0.458. The second kappa shape index (κ2) is 10.9. The summed E-state index contributed by atoms with van der Waals surface area (Å²) in [7, 11) is 1.91. The van der Waals surface area contributed by atoms with E-state index in [1.165, 1.54) is 6.07 Å². The Hall–Kier alpha value is -3.10. The molecule has 0 unspecified atom stereocenters. The van der Waals surface area contributed by atoms with Crippen LogP contribution in [0.5, 0.6) is 0 Å². The first-order valence-corrected chi connectivity index (χ1v) is 13.5. The fourth-order valence-electron chi connectivity index (χ4n) is 5.58. The highest BCUT2D eigenvalue weighted by Crippen LogP contribution is 2.27. The molecular weight excluding hydrogens is 508 g/mol. The number of carbonyl (C=O) groups is 1. The van der Waals surface area contributed by atoms with Crippen molar-refractivity contribution in [2.75, 3.05) is 55.6 Å². The average Bonchev–Trinajstić information content (AvgIpc) is 3.27. The van der Waals surface area contributed by atoms with E-state index in [2.05, 4.69) is 15.9 Å². The monoisotopic (exact) mass is 541 g/mol. The smallest absolute Gasteiger partial charge is 0.270 e. The molecular formula is C29H34ClF2N5O. The van der Waals surface area contributed by atoms with Crippen molar-refractivity contribution in [2.45, 2.75) is 26.4 Å². The maximum atomic E-state index is 14.0. The van der Waals surface area contributed by atoms with E-state index >= 15 is 0 Å². The van der Waals surface area contributed by atoms with Gasteiger partial charge in [-0.2, -0.15) is 0 Å². The number of halogens is 3. The van der Waals surface area contributed by atoms with E-state index in [4.69, 9.17) is 11.6 Å². The average molecular weight is 542 g/mol. The van der Waals surface area contributed by atoms with Gasteiger partial charge in [-0.05, 0) is 49.2 Å². The van der Waals surface area contributed by atoms with Crippen molar-refractivity contribution in [3.8, 4) is 0 Å². The fraction of sp³-hybridized carbons (Fsp3) is 0.414. The number of aryl methyl sites for hydroxylation is 2. The van der Waals surface area contributed by atoms with E-state index in [9.17, 15) is 13.6 Å². The van der Waals surface area contributed by atoms with Crippen LogP contribution in [0.15, 0.2) is 48.7 Å². The third-order valence-corrected chi connectivity index (χ3v) is 8.02. The molecule has 5 rings (SSSR count). The molecule has 0 N–H and O–H groups in total. The van der Waals surface area contributed by atoms with Gasteiger partial charge in [-0.25, -0.2) is 8.78 Å². The molecule has 0 bridgehead atoms. The first kappa shape index (κ1) is 26.5. The summed E-state index contributed by atoms with van der Waals surface area (Å²) in [6, 6.07) is 12.8. The standard InChI is InChI=1S/C29H34ClF2N5O/c1-20-14-23(16-25(31)28(20)32)36-12-13-37(21(2)17-36)29(38)27-15-22(18-33(27)3)19-34-8-10-35(11-9-34)26-7-5-4-6-24(26)30/h4-7,14-16,18,21H,8-13,17,19H2,1-3H3/t21-/m0/s1. The summed E-state index contributed by atoms with van der Waals surface area (Å²) in [5, 5.41) is 0.780. The van der Waals surface area contributed by atoms with Crippen LogP contribution < -0.4 is 9.80 Å². The Morgan fingerprint density at radius 1 is 1.00 bits per heavy atom. The predicted octanol–water partition coefficient (Wildman–Crippen LogP) is 4.94. The van der Waals surface area contributed by atoms with E-state index in [-0.39, 0.29) is 17.5 Å². The van der Waals surface area contributed by atoms with Gasteiger partial charge in [0, 0.05) is 83.4 Å². The summed E-state index contributed by atoms with van der Waals surface area (Å²) in [5.74, 6) is -1.65. The number of anilines is 2. The van der Waals surface area contributed by atoms with Crippen LogP contribution in [0.2, 0.25) is 5.02 Å². The molecule has 6 nitrogen and oxygen atoms in total. The Bertz CT molecular complexity index is 1300. The Balaban J connectivity index is 1.19. The molecule has 3 aromatic rings. The lowest BCUT2D eigenvalue weighted by Crippen LogP contribution is -2.54. The number of hydrogen-bond donors (Lipinski definition) is 0. The topological polar surface area (TPSA) is 35.0 Å². The SMILES string of the molecule is Cc1cc(N2CCN(C(=O)c3cc(CN4CCN(c5ccccc5Cl)CC4)cn3C)[C@@H](C)C2)cc(F)c1F. The zero-order chi connectivity index (χ0) is 27.0. The minimum atomic E-state index is -0.840. The minimum Gasteiger partial charge on any atom is -0.368 e. The Labute approximate surface area is 228 Å². The zero-order valence-corrected chi connectivity index (χ0v) is 22.9. The van der Waals surface area contributed by atoms with Gasteiger partial charge in [0.25, 0.3) is 5.91 Å². The van der Waals surface area contributed by atoms with E-state index in [0.717, 1.165) is 49.0 Å². The summed E-state index contributed by atoms with van der Waals surface area (Å²) in [6.07, 6.45) is 2.04. The second-order valence-corrected chi connectivity index (χ2v) is 10.8. The van der Waals surface area contributed by atoms with E-state index in [1.54, 1.807) is 13.0 Å². The van der Waals surface area contributed by atoms with Crippen molar-refractivity contribution in [3.05, 3.63) is 82.1 Å². The molecule has 3 heterocycles. The van der Waals surface area contributed by atoms with Crippen LogP contribution in [0.1, 0.15) is 28.5 Å². The lowest BCUT2D eigenvalue weighted by Gasteiger charge is -2.41. The van der Waals surface area contributed by atoms with Gasteiger partial charge in [0.2, 0.25) is 0 Å². The molecule has 0 radical (unpaired) electrons. The number of piperazine rings is 2. The summed E-state index contributed by atoms with van der Waals surface area (Å²) in [5.41, 5.74) is 3.79. The number of carbonyl (C=O) groups excluding carboxylic acids is 1. The van der Waals surface area contributed by atoms with E-state index in [1.807, 2.05) is 58.8 Å². The van der Waals surface area contributed by atoms with Crippen LogP contribution in [0.3, 0.4) is 0 Å². The first-order valence-electron chi connectivity index (χ1n) is 13.1. The maximum absolute atomic E-state index is 14.0. The third-order valence-electron chi connectivity index (χ3n) is 7.70. The van der Waals surface area contributed by atoms with E-state index < -0.39 is 11.6 Å². The minimum absolute atomic E-state index is 0.00379. The van der Waals surface area contributed by atoms with Crippen LogP contribution in [0, 0.1) is 18.6 Å². The summed E-state index contributed by atoms with van der Waals surface area (Å²) < 4.78 is 29.6. The molecule has 38 heavy (non-hydrogen) atoms. The summed E-state index contributed by atoms with van der Waals surface area (Å²) in [4.78, 5) is 22.1. The zero-order valence-electron chi connectivity index (χ0n) is 22.1. The van der Waals surface area contributed by atoms with Crippen LogP contribution in [0.25, 0.3) is 0 Å². The van der Waals surface area contributed by atoms with Gasteiger partial charge in [-0.1, -0.05) is 23.7 Å². The second-order valence-electron chi connectivity index (χ2n) is 10.4. The molecule has 1 amide bonds. The normalized spacial score (nSPS) is 18.8. The number of aromatic nitrogens is 1. The first-order chi connectivity index (χ1) is 18.2. The molecule has 0 aliphatic carbocycles. The number of para-hydroxylation sites is 1. The van der Waals surface area contributed by atoms with Gasteiger partial charge in [0.05, 0.1) is 10.7 Å². The van der Waals surface area contributed by atoms with Crippen molar-refractivity contribution >= 4 is 28.9 Å². The van der Waals surface area contributed by atoms with Gasteiger partial charge in [0.1, 0.15) is 5.69 Å². The van der Waals surface area contributed by atoms with Crippen molar-refractivity contribution in [2.24, 2.45) is 7.05 Å². The highest BCUT2D eigenvalue weighted by molar-refractivity contribution is 6.33. The van der Waals surface area contributed by atoms with Crippen molar-refractivity contribution in [1.29, 1.82) is 0 Å². The molecule has 2 saturated heterocycles. The van der Waals surface area contributed by atoms with Crippen molar-refractivity contribution in [3.63, 3.8) is 0 Å². The number of hydrogen-bond acceptors (Lipinski definition) is 4. The highest BCUT2D eigenvalue weighted by Gasteiger charge is 2.30. The van der Waals surface area contributed by atoms with Crippen LogP contribution in [0.4, 0.5) is 20.2 Å². The molecule has 0 spiro atoms. The van der Waals surface area contributed by atoms with Crippen LogP contribution in [-0.2, 0) is 13.6 Å². The summed E-state index contributed by atoms with van der Waals surface area (Å²) in [6.45, 7) is 9.65. The molecule has 0 saturated carbocycles. The highest BCUT2D eigenvalue weighted by atomic mass is 35.5. The van der Waals surface area contributed by atoms with Gasteiger partial charge >= 0.3 is 0 Å². The molecule has 2 aliphatic heterocycles. The lowest BCUT2D eigenvalue weighted by atomic mass is 10.1. The lowest BCUT2D eigenvalue weighted by molar-refractivity contribution is 0.0664. The Morgan fingerprint density at radius 3 is 2.39 bits per heavy atom. The molecule has 202 valence electrons. The Kier molecular flexibility index (Phi) is 7.63. The number of rotatable bonds is 5. The molecule has 1 atom stereocenters. The summed E-state index contributed by atoms with van der Waals surface area (Å²) >= 11 is 6.38. The predicted molar refractivity (Wildman–Crippen MR) is 148 cm³/mol. The Morgan fingerprint density at radius 2 is 1.71 bits per heavy atom. The van der Waals surface area contributed by atoms with Gasteiger partial charge < -0.3 is 19.3 Å². The van der Waals surface area contributed by atoms with E-state index in [0.29, 0.717) is 31.0 Å². The van der Waals surface area contributed by atoms with Gasteiger partial charge in [0.15, 0.2) is 11.6 Å². The molecule has 2 aliphatic rings. The largest absolute Gasteiger partial charge is 0.368 e. The number of amides is 1. The molecule has 2 aromatic carbocycles. The van der Waals surface area contributed by atoms with Crippen molar-refractivity contribution in [1.82, 2.24) is 14.4 Å². The number of benzene rings is 2. The third kappa shape index (κ3) is 5.38. The van der Waals surface area contributed by atoms with Crippen LogP contribution >= 0.6 is 11.6 Å². The number of nitrogens with zero attached hydrogens (tertiary/aromatic N) is 5. The molecule has 9 heteroatoms. The van der Waals surface area contributed by atoms with Gasteiger partial charge in [-0.3, -0.25) is 9.69 Å². The van der Waals surface area contributed by atoms with Crippen LogP contribution in [-0.4, -0.2) is 72.1 Å². The fourth-order valence-corrected chi connectivity index (χ4v) is 5.83. The van der Waals surface area contributed by atoms with Gasteiger partial charge in [-0.15, -0.1) is 0 Å². The molecule has 1 aromatic heterocycles. The molecule has 2 fully saturated rings. The van der Waals surface area contributed by atoms with Crippen molar-refractivity contribution < 1.29 is 13.6 Å².